The zero-order valence-electron chi connectivity index (χ0n) is 13.5. The lowest BCUT2D eigenvalue weighted by molar-refractivity contribution is 0.157. The number of piperidine rings is 1. The first-order valence-electron chi connectivity index (χ1n) is 8.49. The molecular weight excluding hydrogens is 264 g/mol. The van der Waals surface area contributed by atoms with Gasteiger partial charge in [-0.1, -0.05) is 19.0 Å². The first kappa shape index (κ1) is 15.0. The van der Waals surface area contributed by atoms with Gasteiger partial charge >= 0.3 is 0 Å². The van der Waals surface area contributed by atoms with E-state index in [4.69, 9.17) is 4.52 Å². The second-order valence-corrected chi connectivity index (χ2v) is 6.63. The van der Waals surface area contributed by atoms with Gasteiger partial charge in [0.25, 0.3) is 0 Å². The van der Waals surface area contributed by atoms with E-state index in [1.165, 1.54) is 25.7 Å². The predicted molar refractivity (Wildman–Crippen MR) is 82.3 cm³/mol. The third-order valence-corrected chi connectivity index (χ3v) is 5.35. The highest BCUT2D eigenvalue weighted by atomic mass is 16.5. The topological polar surface area (TPSA) is 54.2 Å². The molecule has 0 aromatic carbocycles. The van der Waals surface area contributed by atoms with Crippen LogP contribution in [0, 0.1) is 0 Å². The molecule has 1 aromatic heterocycles. The van der Waals surface area contributed by atoms with E-state index in [1.807, 2.05) is 0 Å². The Morgan fingerprint density at radius 2 is 2.00 bits per heavy atom. The third kappa shape index (κ3) is 3.14. The monoisotopic (exact) mass is 292 g/mol. The van der Waals surface area contributed by atoms with Crippen LogP contribution < -0.4 is 5.32 Å². The van der Waals surface area contributed by atoms with Gasteiger partial charge in [-0.3, -0.25) is 0 Å². The summed E-state index contributed by atoms with van der Waals surface area (Å²) in [5.41, 5.74) is 0. The highest BCUT2D eigenvalue weighted by Gasteiger charge is 2.40. The average molecular weight is 292 g/mol. The van der Waals surface area contributed by atoms with Crippen molar-refractivity contribution >= 4 is 0 Å². The number of nitrogens with zero attached hydrogens (tertiary/aromatic N) is 3. The van der Waals surface area contributed by atoms with Crippen molar-refractivity contribution in [1.82, 2.24) is 20.4 Å². The Hall–Kier alpha value is -0.940. The summed E-state index contributed by atoms with van der Waals surface area (Å²) in [4.78, 5) is 7.24. The molecule has 2 fully saturated rings. The first-order chi connectivity index (χ1) is 10.2. The van der Waals surface area contributed by atoms with Gasteiger partial charge in [0.05, 0.1) is 0 Å². The molecule has 2 aliphatic heterocycles. The van der Waals surface area contributed by atoms with E-state index in [-0.39, 0.29) is 0 Å². The van der Waals surface area contributed by atoms with Gasteiger partial charge in [-0.2, -0.15) is 4.98 Å². The summed E-state index contributed by atoms with van der Waals surface area (Å²) in [5.74, 6) is 2.24. The molecule has 0 aliphatic carbocycles. The zero-order chi connectivity index (χ0) is 14.8. The third-order valence-electron chi connectivity index (χ3n) is 5.35. The number of aromatic nitrogens is 2. The Bertz CT molecular complexity index is 447. The van der Waals surface area contributed by atoms with Gasteiger partial charge in [-0.25, -0.2) is 0 Å². The highest BCUT2D eigenvalue weighted by molar-refractivity contribution is 5.05. The molecule has 0 amide bonds. The van der Waals surface area contributed by atoms with Crippen LogP contribution in [-0.2, 0) is 6.42 Å². The van der Waals surface area contributed by atoms with E-state index in [1.54, 1.807) is 0 Å². The lowest BCUT2D eigenvalue weighted by Gasteiger charge is -2.34. The molecule has 0 saturated carbocycles. The Labute approximate surface area is 127 Å². The van der Waals surface area contributed by atoms with Crippen molar-refractivity contribution in [1.29, 1.82) is 0 Å². The summed E-state index contributed by atoms with van der Waals surface area (Å²) < 4.78 is 5.50. The quantitative estimate of drug-likeness (QED) is 0.872. The van der Waals surface area contributed by atoms with Gasteiger partial charge in [0.1, 0.15) is 0 Å². The summed E-state index contributed by atoms with van der Waals surface area (Å²) in [6.45, 7) is 5.31. The highest BCUT2D eigenvalue weighted by Crippen LogP contribution is 2.41. The predicted octanol–water partition coefficient (Wildman–Crippen LogP) is 2.34. The summed E-state index contributed by atoms with van der Waals surface area (Å²) in [5, 5.41) is 7.74. The van der Waals surface area contributed by atoms with Crippen molar-refractivity contribution in [2.24, 2.45) is 0 Å². The summed E-state index contributed by atoms with van der Waals surface area (Å²) in [7, 11) is 2.27. The Balaban J connectivity index is 1.63. The second kappa shape index (κ2) is 6.44. The maximum atomic E-state index is 5.50. The maximum absolute atomic E-state index is 5.50. The van der Waals surface area contributed by atoms with Gasteiger partial charge in [0, 0.05) is 30.5 Å². The molecule has 118 valence electrons. The summed E-state index contributed by atoms with van der Waals surface area (Å²) in [6, 6.07) is 1.89. The smallest absolute Gasteiger partial charge is 0.228 e. The molecule has 5 nitrogen and oxygen atoms in total. The van der Waals surface area contributed by atoms with Gasteiger partial charge < -0.3 is 14.7 Å². The van der Waals surface area contributed by atoms with Crippen molar-refractivity contribution in [3.05, 3.63) is 11.7 Å². The number of fused-ring (bicyclic) bond motifs is 2. The minimum Gasteiger partial charge on any atom is -0.339 e. The number of likely N-dealkylation sites (N-methyl/N-ethyl adjacent to an activating group) is 1. The largest absolute Gasteiger partial charge is 0.339 e. The van der Waals surface area contributed by atoms with Crippen LogP contribution in [0.2, 0.25) is 0 Å². The van der Waals surface area contributed by atoms with E-state index in [2.05, 4.69) is 41.3 Å². The van der Waals surface area contributed by atoms with Crippen LogP contribution in [0.25, 0.3) is 0 Å². The molecular formula is C16H28N4O. The molecule has 1 N–H and O–H groups in total. The fraction of sp³-hybridized carbons (Fsp3) is 0.875. The van der Waals surface area contributed by atoms with Crippen molar-refractivity contribution in [2.45, 2.75) is 76.4 Å². The molecule has 3 atom stereocenters. The van der Waals surface area contributed by atoms with Crippen LogP contribution in [0.4, 0.5) is 0 Å². The first-order valence-corrected chi connectivity index (χ1v) is 8.49. The molecule has 21 heavy (non-hydrogen) atoms. The van der Waals surface area contributed by atoms with Crippen LogP contribution in [0.1, 0.15) is 63.6 Å². The summed E-state index contributed by atoms with van der Waals surface area (Å²) in [6.07, 6.45) is 6.98. The minimum absolute atomic E-state index is 0.442. The standard InChI is InChI=1S/C16H28N4O/c1-4-12(17-5-2)10-15-18-16(19-21-15)11-8-13-6-7-14(9-11)20(13)3/h11-14,17H,4-10H2,1-3H3. The van der Waals surface area contributed by atoms with Crippen LogP contribution in [0.15, 0.2) is 4.52 Å². The van der Waals surface area contributed by atoms with E-state index in [9.17, 15) is 0 Å². The Morgan fingerprint density at radius 1 is 1.29 bits per heavy atom. The van der Waals surface area contributed by atoms with Crippen LogP contribution >= 0.6 is 0 Å². The molecule has 3 heterocycles. The van der Waals surface area contributed by atoms with Crippen LogP contribution in [-0.4, -0.2) is 46.8 Å². The van der Waals surface area contributed by atoms with Crippen LogP contribution in [0.5, 0.6) is 0 Å². The molecule has 0 radical (unpaired) electrons. The van der Waals surface area contributed by atoms with E-state index in [0.717, 1.165) is 43.2 Å². The number of hydrogen-bond donors (Lipinski definition) is 1. The molecule has 2 saturated heterocycles. The fourth-order valence-corrected chi connectivity index (χ4v) is 4.00. The lowest BCUT2D eigenvalue weighted by atomic mass is 9.90. The molecule has 2 bridgehead atoms. The molecule has 2 aliphatic rings. The van der Waals surface area contributed by atoms with Gasteiger partial charge in [-0.15, -0.1) is 0 Å². The maximum Gasteiger partial charge on any atom is 0.228 e. The Kier molecular flexibility index (Phi) is 4.60. The van der Waals surface area contributed by atoms with Crippen molar-refractivity contribution in [2.75, 3.05) is 13.6 Å². The number of nitrogens with one attached hydrogen (secondary N) is 1. The average Bonchev–Trinajstić information content (AvgIpc) is 3.00. The van der Waals surface area contributed by atoms with E-state index < -0.39 is 0 Å². The van der Waals surface area contributed by atoms with E-state index >= 15 is 0 Å². The summed E-state index contributed by atoms with van der Waals surface area (Å²) >= 11 is 0. The normalized spacial score (nSPS) is 30.7. The molecule has 0 spiro atoms. The second-order valence-electron chi connectivity index (χ2n) is 6.63. The molecule has 3 rings (SSSR count). The van der Waals surface area contributed by atoms with Gasteiger partial charge in [-0.05, 0) is 45.7 Å². The van der Waals surface area contributed by atoms with Gasteiger partial charge in [0.2, 0.25) is 5.89 Å². The van der Waals surface area contributed by atoms with Gasteiger partial charge in [0.15, 0.2) is 5.82 Å². The Morgan fingerprint density at radius 3 is 2.62 bits per heavy atom. The zero-order valence-corrected chi connectivity index (χ0v) is 13.5. The van der Waals surface area contributed by atoms with Crippen LogP contribution in [0.3, 0.4) is 0 Å². The van der Waals surface area contributed by atoms with E-state index in [0.29, 0.717) is 12.0 Å². The number of hydrogen-bond acceptors (Lipinski definition) is 5. The molecule has 3 unspecified atom stereocenters. The fourth-order valence-electron chi connectivity index (χ4n) is 4.00. The van der Waals surface area contributed by atoms with Crippen molar-refractivity contribution in [3.63, 3.8) is 0 Å². The van der Waals surface area contributed by atoms with Crippen molar-refractivity contribution in [3.8, 4) is 0 Å². The number of rotatable bonds is 6. The SMILES string of the molecule is CCNC(CC)Cc1nc(C2CC3CCC(C2)N3C)no1. The molecule has 1 aromatic rings. The lowest BCUT2D eigenvalue weighted by Crippen LogP contribution is -2.39. The van der Waals surface area contributed by atoms with Crippen molar-refractivity contribution < 1.29 is 4.52 Å². The molecule has 5 heteroatoms. The minimum atomic E-state index is 0.442.